The largest absolute Gasteiger partial charge is 4.00 e. The smallest absolute Gasteiger partial charge is 1.00 e. The number of benzene rings is 6. The van der Waals surface area contributed by atoms with E-state index in [4.69, 9.17) is 0 Å². The van der Waals surface area contributed by atoms with Crippen LogP contribution >= 0.6 is 22.7 Å². The zero-order chi connectivity index (χ0) is 43.5. The standard InChI is InChI=1S/2C31H29S.2ClH.Zr/c2*1-2-3-4-6-10-23-15-17-24(18-16-23)28-14-9-13-26-21-27(22-29(26)28)31-20-19-30(32-31)25-11-7-5-8-12-25;;;/h2*5,7-9,11-22H,2-4,6,10H2,1H3;2*1H;/q2*-1;;;+4/p-2. The van der Waals surface area contributed by atoms with Gasteiger partial charge in [0.1, 0.15) is 0 Å². The van der Waals surface area contributed by atoms with Crippen LogP contribution in [0.4, 0.5) is 0 Å². The van der Waals surface area contributed by atoms with Crippen LogP contribution in [0.15, 0.2) is 194 Å². The Balaban J connectivity index is 0.000000212. The van der Waals surface area contributed by atoms with Crippen LogP contribution in [0.1, 0.15) is 76.3 Å². The quantitative estimate of drug-likeness (QED) is 0.0668. The van der Waals surface area contributed by atoms with Crippen molar-refractivity contribution in [3.8, 4) is 64.0 Å². The number of hydrogen-bond acceptors (Lipinski definition) is 2. The van der Waals surface area contributed by atoms with Crippen LogP contribution in [0, 0.1) is 0 Å². The van der Waals surface area contributed by atoms with Crippen molar-refractivity contribution in [1.82, 2.24) is 0 Å². The molecular formula is C62H58Cl2S2Zr. The Bertz CT molecular complexity index is 2800. The predicted molar refractivity (Wildman–Crippen MR) is 283 cm³/mol. The van der Waals surface area contributed by atoms with Gasteiger partial charge in [-0.2, -0.15) is 22.7 Å². The van der Waals surface area contributed by atoms with E-state index < -0.39 is 0 Å². The van der Waals surface area contributed by atoms with Crippen molar-refractivity contribution in [2.45, 2.75) is 78.1 Å². The summed E-state index contributed by atoms with van der Waals surface area (Å²) in [5, 5.41) is 5.31. The van der Waals surface area contributed by atoms with E-state index in [0.29, 0.717) is 0 Å². The van der Waals surface area contributed by atoms with Gasteiger partial charge in [-0.05, 0) is 68.8 Å². The number of fused-ring (bicyclic) bond motifs is 2. The Hall–Kier alpha value is -4.60. The molecule has 8 aromatic carbocycles. The maximum absolute atomic E-state index is 2.37. The van der Waals surface area contributed by atoms with Gasteiger partial charge in [0.05, 0.1) is 0 Å². The van der Waals surface area contributed by atoms with Crippen molar-refractivity contribution in [2.75, 3.05) is 0 Å². The van der Waals surface area contributed by atoms with E-state index in [0.717, 1.165) is 0 Å². The Morgan fingerprint density at radius 1 is 0.358 bits per heavy atom. The molecule has 0 N–H and O–H groups in total. The molecule has 0 aliphatic rings. The molecule has 0 unspecified atom stereocenters. The van der Waals surface area contributed by atoms with Crippen LogP contribution in [0.25, 0.3) is 85.6 Å². The Labute approximate surface area is 438 Å². The van der Waals surface area contributed by atoms with Gasteiger partial charge >= 0.3 is 26.2 Å². The van der Waals surface area contributed by atoms with E-state index >= 15 is 0 Å². The summed E-state index contributed by atoms with van der Waals surface area (Å²) in [7, 11) is 0. The summed E-state index contributed by atoms with van der Waals surface area (Å²) in [5.41, 5.74) is 13.4. The molecule has 0 spiro atoms. The molecule has 2 aromatic heterocycles. The summed E-state index contributed by atoms with van der Waals surface area (Å²) in [4.78, 5) is 5.29. The average Bonchev–Trinajstić information content (AvgIpc) is 4.19. The normalized spacial score (nSPS) is 10.8. The number of unbranched alkanes of at least 4 members (excludes halogenated alkanes) is 6. The van der Waals surface area contributed by atoms with Gasteiger partial charge in [0, 0.05) is 9.75 Å². The fraction of sp³-hybridized carbons (Fsp3) is 0.194. The van der Waals surface area contributed by atoms with Gasteiger partial charge in [0.25, 0.3) is 0 Å². The number of halogens is 2. The van der Waals surface area contributed by atoms with E-state index in [1.807, 2.05) is 22.7 Å². The molecule has 0 amide bonds. The molecular weight excluding hydrogens is 971 g/mol. The van der Waals surface area contributed by atoms with Crippen molar-refractivity contribution in [1.29, 1.82) is 0 Å². The first kappa shape index (κ1) is 51.8. The summed E-state index contributed by atoms with van der Waals surface area (Å²) < 4.78 is 0. The summed E-state index contributed by atoms with van der Waals surface area (Å²) in [6, 6.07) is 71.5. The minimum atomic E-state index is 0. The number of hydrogen-bond donors (Lipinski definition) is 0. The topological polar surface area (TPSA) is 0 Å². The molecule has 5 heteroatoms. The second kappa shape index (κ2) is 25.7. The minimum absolute atomic E-state index is 0. The molecule has 10 aromatic rings. The summed E-state index contributed by atoms with van der Waals surface area (Å²) >= 11 is 3.74. The molecule has 0 nitrogen and oxygen atoms in total. The van der Waals surface area contributed by atoms with Gasteiger partial charge in [-0.1, -0.05) is 221 Å². The molecule has 0 saturated heterocycles. The second-order valence-electron chi connectivity index (χ2n) is 17.2. The fourth-order valence-electron chi connectivity index (χ4n) is 8.97. The number of thiophene rings is 2. The van der Waals surface area contributed by atoms with Crippen LogP contribution < -0.4 is 24.8 Å². The van der Waals surface area contributed by atoms with E-state index in [2.05, 4.69) is 208 Å². The van der Waals surface area contributed by atoms with Crippen molar-refractivity contribution in [3.63, 3.8) is 0 Å². The van der Waals surface area contributed by atoms with E-state index in [1.165, 1.54) is 161 Å². The molecule has 0 atom stereocenters. The number of rotatable bonds is 16. The molecule has 0 aliphatic carbocycles. The van der Waals surface area contributed by atoms with Crippen LogP contribution in [0.2, 0.25) is 0 Å². The van der Waals surface area contributed by atoms with Crippen LogP contribution in [0.3, 0.4) is 0 Å². The van der Waals surface area contributed by atoms with Gasteiger partial charge < -0.3 is 24.8 Å². The van der Waals surface area contributed by atoms with Gasteiger partial charge in [-0.3, -0.25) is 0 Å². The van der Waals surface area contributed by atoms with Crippen molar-refractivity contribution < 1.29 is 51.0 Å². The molecule has 0 aliphatic heterocycles. The average molecular weight is 1030 g/mol. The van der Waals surface area contributed by atoms with Gasteiger partial charge in [0.2, 0.25) is 0 Å². The van der Waals surface area contributed by atoms with Crippen molar-refractivity contribution in [3.05, 3.63) is 205 Å². The zero-order valence-corrected chi connectivity index (χ0v) is 44.2. The van der Waals surface area contributed by atoms with Crippen molar-refractivity contribution in [2.24, 2.45) is 0 Å². The molecule has 10 rings (SSSR count). The molecule has 0 fully saturated rings. The summed E-state index contributed by atoms with van der Waals surface area (Å²) in [5.74, 6) is 0. The third-order valence-corrected chi connectivity index (χ3v) is 14.9. The second-order valence-corrected chi connectivity index (χ2v) is 19.3. The van der Waals surface area contributed by atoms with Gasteiger partial charge in [0.15, 0.2) is 0 Å². The first-order valence-electron chi connectivity index (χ1n) is 23.5. The molecule has 0 bridgehead atoms. The maximum Gasteiger partial charge on any atom is 4.00 e. The molecule has 0 radical (unpaired) electrons. The Kier molecular flexibility index (Phi) is 19.8. The molecule has 336 valence electrons. The number of aryl methyl sites for hydroxylation is 2. The van der Waals surface area contributed by atoms with Gasteiger partial charge in [-0.15, -0.1) is 69.1 Å². The van der Waals surface area contributed by atoms with Crippen LogP contribution in [-0.4, -0.2) is 0 Å². The molecule has 0 saturated carbocycles. The maximum atomic E-state index is 2.37. The predicted octanol–water partition coefficient (Wildman–Crippen LogP) is 13.5. The zero-order valence-electron chi connectivity index (χ0n) is 38.6. The fourth-order valence-corrected chi connectivity index (χ4v) is 11.0. The monoisotopic (exact) mass is 1030 g/mol. The minimum Gasteiger partial charge on any atom is -1.00 e. The van der Waals surface area contributed by atoms with E-state index in [9.17, 15) is 0 Å². The van der Waals surface area contributed by atoms with Crippen LogP contribution in [-0.2, 0) is 39.0 Å². The van der Waals surface area contributed by atoms with Crippen molar-refractivity contribution >= 4 is 44.2 Å². The summed E-state index contributed by atoms with van der Waals surface area (Å²) in [6.45, 7) is 4.54. The molecule has 67 heavy (non-hydrogen) atoms. The third-order valence-electron chi connectivity index (χ3n) is 12.6. The Morgan fingerprint density at radius 2 is 0.746 bits per heavy atom. The van der Waals surface area contributed by atoms with E-state index in [-0.39, 0.29) is 51.0 Å². The van der Waals surface area contributed by atoms with Gasteiger partial charge in [-0.25, -0.2) is 0 Å². The first-order valence-corrected chi connectivity index (χ1v) is 25.2. The van der Waals surface area contributed by atoms with Crippen LogP contribution in [0.5, 0.6) is 0 Å². The summed E-state index contributed by atoms with van der Waals surface area (Å²) in [6.07, 6.45) is 12.9. The Morgan fingerprint density at radius 3 is 1.13 bits per heavy atom. The SMILES string of the molecule is CCCCCCc1ccc(-c2cccc3[cH-]c(-c4ccc(-c5ccccc5)s4)cc23)cc1.CCCCCCc1ccc(-c2cccc3[cH-]c(-c4ccc(-c5ccccc5)s4)cc23)cc1.[Cl-].[Cl-].[Zr+4]. The first-order chi connectivity index (χ1) is 31.6. The van der Waals surface area contributed by atoms with E-state index in [1.54, 1.807) is 0 Å². The molecule has 2 heterocycles. The third kappa shape index (κ3) is 12.9.